The van der Waals surface area contributed by atoms with Crippen molar-refractivity contribution in [3.8, 4) is 0 Å². The van der Waals surface area contributed by atoms with Gasteiger partial charge < -0.3 is 10.2 Å². The first-order chi connectivity index (χ1) is 9.83. The fourth-order valence-corrected chi connectivity index (χ4v) is 5.07. The van der Waals surface area contributed by atoms with E-state index >= 15 is 0 Å². The summed E-state index contributed by atoms with van der Waals surface area (Å²) < 4.78 is 0. The fraction of sp³-hybridized carbons (Fsp3) is 0.938. The summed E-state index contributed by atoms with van der Waals surface area (Å²) in [5, 5.41) is 3.76. The standard InChI is InChI=1S/C16H28N2OS/c19-16-11-14(17-13-7-9-20-10-8-13)12-18(16)15-5-3-1-2-4-6-15/h13-15,17H,1-12H2/t14-/m0/s1. The molecule has 3 fully saturated rings. The second-order valence-corrected chi connectivity index (χ2v) is 7.87. The van der Waals surface area contributed by atoms with Crippen molar-refractivity contribution in [2.24, 2.45) is 0 Å². The van der Waals surface area contributed by atoms with Gasteiger partial charge in [0, 0.05) is 31.1 Å². The van der Waals surface area contributed by atoms with Crippen LogP contribution in [-0.4, -0.2) is 47.0 Å². The average Bonchev–Trinajstić information content (AvgIpc) is 2.68. The summed E-state index contributed by atoms with van der Waals surface area (Å²) in [5.74, 6) is 2.97. The van der Waals surface area contributed by atoms with Crippen LogP contribution in [0.2, 0.25) is 0 Å². The van der Waals surface area contributed by atoms with Crippen molar-refractivity contribution in [3.05, 3.63) is 0 Å². The molecule has 20 heavy (non-hydrogen) atoms. The Morgan fingerprint density at radius 1 is 0.950 bits per heavy atom. The van der Waals surface area contributed by atoms with E-state index in [1.807, 2.05) is 0 Å². The van der Waals surface area contributed by atoms with Gasteiger partial charge in [-0.05, 0) is 37.2 Å². The molecule has 2 aliphatic heterocycles. The minimum Gasteiger partial charge on any atom is -0.338 e. The number of carbonyl (C=O) groups excluding carboxylic acids is 1. The van der Waals surface area contributed by atoms with Gasteiger partial charge in [0.1, 0.15) is 0 Å². The Kier molecular flexibility index (Phi) is 5.27. The molecule has 0 radical (unpaired) electrons. The molecule has 114 valence electrons. The Labute approximate surface area is 127 Å². The average molecular weight is 296 g/mol. The summed E-state index contributed by atoms with van der Waals surface area (Å²) in [4.78, 5) is 14.5. The van der Waals surface area contributed by atoms with E-state index in [1.54, 1.807) is 0 Å². The third-order valence-corrected chi connectivity index (χ3v) is 6.17. The molecular formula is C16H28N2OS. The second kappa shape index (κ2) is 7.17. The van der Waals surface area contributed by atoms with Gasteiger partial charge in [-0.1, -0.05) is 25.7 Å². The lowest BCUT2D eigenvalue weighted by atomic mass is 10.1. The SMILES string of the molecule is O=C1C[C@H](NC2CCSCC2)CN1C1CCCCCC1. The maximum atomic E-state index is 12.3. The number of hydrogen-bond acceptors (Lipinski definition) is 3. The monoisotopic (exact) mass is 296 g/mol. The number of rotatable bonds is 3. The predicted octanol–water partition coefficient (Wildman–Crippen LogP) is 2.80. The molecule has 0 aromatic carbocycles. The van der Waals surface area contributed by atoms with Crippen LogP contribution in [-0.2, 0) is 4.79 Å². The van der Waals surface area contributed by atoms with Crippen LogP contribution in [0.1, 0.15) is 57.8 Å². The van der Waals surface area contributed by atoms with E-state index in [9.17, 15) is 4.79 Å². The third-order valence-electron chi connectivity index (χ3n) is 5.12. The fourth-order valence-electron chi connectivity index (χ4n) is 3.96. The first-order valence-corrected chi connectivity index (χ1v) is 9.61. The van der Waals surface area contributed by atoms with Gasteiger partial charge in [0.15, 0.2) is 0 Å². The Hall–Kier alpha value is -0.220. The topological polar surface area (TPSA) is 32.3 Å². The molecule has 0 unspecified atom stereocenters. The Bertz CT molecular complexity index is 322. The molecule has 3 nitrogen and oxygen atoms in total. The normalized spacial score (nSPS) is 30.7. The smallest absolute Gasteiger partial charge is 0.224 e. The van der Waals surface area contributed by atoms with Crippen molar-refractivity contribution < 1.29 is 4.79 Å². The molecule has 0 bridgehead atoms. The molecule has 1 N–H and O–H groups in total. The Morgan fingerprint density at radius 2 is 1.65 bits per heavy atom. The van der Waals surface area contributed by atoms with E-state index < -0.39 is 0 Å². The van der Waals surface area contributed by atoms with E-state index in [2.05, 4.69) is 22.0 Å². The molecule has 2 saturated heterocycles. The van der Waals surface area contributed by atoms with Crippen LogP contribution >= 0.6 is 11.8 Å². The maximum Gasteiger partial charge on any atom is 0.224 e. The summed E-state index contributed by atoms with van der Waals surface area (Å²) in [7, 11) is 0. The summed E-state index contributed by atoms with van der Waals surface area (Å²) in [6.07, 6.45) is 11.1. The molecule has 4 heteroatoms. The molecule has 0 spiro atoms. The van der Waals surface area contributed by atoms with Crippen LogP contribution < -0.4 is 5.32 Å². The van der Waals surface area contributed by atoms with Gasteiger partial charge in [0.25, 0.3) is 0 Å². The molecule has 1 atom stereocenters. The minimum absolute atomic E-state index is 0.402. The quantitative estimate of drug-likeness (QED) is 0.813. The van der Waals surface area contributed by atoms with E-state index in [0.29, 0.717) is 24.0 Å². The lowest BCUT2D eigenvalue weighted by Crippen LogP contribution is -2.43. The van der Waals surface area contributed by atoms with Crippen molar-refractivity contribution in [3.63, 3.8) is 0 Å². The molecule has 0 aromatic rings. The molecule has 3 aliphatic rings. The van der Waals surface area contributed by atoms with E-state index in [0.717, 1.165) is 13.0 Å². The molecule has 3 rings (SSSR count). The molecule has 1 saturated carbocycles. The zero-order valence-electron chi connectivity index (χ0n) is 12.5. The van der Waals surface area contributed by atoms with Gasteiger partial charge in [0.2, 0.25) is 5.91 Å². The molecular weight excluding hydrogens is 268 g/mol. The highest BCUT2D eigenvalue weighted by molar-refractivity contribution is 7.99. The van der Waals surface area contributed by atoms with Crippen LogP contribution in [0.4, 0.5) is 0 Å². The molecule has 2 heterocycles. The zero-order chi connectivity index (χ0) is 13.8. The second-order valence-electron chi connectivity index (χ2n) is 6.65. The van der Waals surface area contributed by atoms with E-state index in [1.165, 1.54) is 62.9 Å². The van der Waals surface area contributed by atoms with Crippen molar-refractivity contribution in [1.82, 2.24) is 10.2 Å². The van der Waals surface area contributed by atoms with Crippen molar-refractivity contribution in [2.45, 2.75) is 75.9 Å². The van der Waals surface area contributed by atoms with Crippen LogP contribution in [0.3, 0.4) is 0 Å². The van der Waals surface area contributed by atoms with Crippen molar-refractivity contribution >= 4 is 17.7 Å². The number of hydrogen-bond donors (Lipinski definition) is 1. The van der Waals surface area contributed by atoms with Gasteiger partial charge in [-0.25, -0.2) is 0 Å². The van der Waals surface area contributed by atoms with Gasteiger partial charge in [-0.3, -0.25) is 4.79 Å². The number of carbonyl (C=O) groups is 1. The number of likely N-dealkylation sites (tertiary alicyclic amines) is 1. The number of thioether (sulfide) groups is 1. The zero-order valence-corrected chi connectivity index (χ0v) is 13.3. The number of nitrogens with one attached hydrogen (secondary N) is 1. The summed E-state index contributed by atoms with van der Waals surface area (Å²) in [5.41, 5.74) is 0. The third kappa shape index (κ3) is 3.70. The maximum absolute atomic E-state index is 12.3. The molecule has 1 aliphatic carbocycles. The van der Waals surface area contributed by atoms with E-state index in [-0.39, 0.29) is 0 Å². The lowest BCUT2D eigenvalue weighted by Gasteiger charge is -2.29. The largest absolute Gasteiger partial charge is 0.338 e. The van der Waals surface area contributed by atoms with Crippen LogP contribution in [0.5, 0.6) is 0 Å². The number of nitrogens with zero attached hydrogens (tertiary/aromatic N) is 1. The Balaban J connectivity index is 1.51. The van der Waals surface area contributed by atoms with Gasteiger partial charge in [-0.15, -0.1) is 0 Å². The van der Waals surface area contributed by atoms with Crippen molar-refractivity contribution in [2.75, 3.05) is 18.1 Å². The van der Waals surface area contributed by atoms with Crippen LogP contribution in [0, 0.1) is 0 Å². The van der Waals surface area contributed by atoms with Crippen molar-refractivity contribution in [1.29, 1.82) is 0 Å². The molecule has 1 amide bonds. The van der Waals surface area contributed by atoms with Crippen LogP contribution in [0.25, 0.3) is 0 Å². The summed E-state index contributed by atoms with van der Waals surface area (Å²) >= 11 is 2.07. The van der Waals surface area contributed by atoms with E-state index in [4.69, 9.17) is 0 Å². The summed E-state index contributed by atoms with van der Waals surface area (Å²) in [6, 6.07) is 1.61. The Morgan fingerprint density at radius 3 is 2.35 bits per heavy atom. The van der Waals surface area contributed by atoms with Gasteiger partial charge >= 0.3 is 0 Å². The van der Waals surface area contributed by atoms with Crippen LogP contribution in [0.15, 0.2) is 0 Å². The lowest BCUT2D eigenvalue weighted by molar-refractivity contribution is -0.129. The minimum atomic E-state index is 0.402. The first kappa shape index (κ1) is 14.7. The van der Waals surface area contributed by atoms with Gasteiger partial charge in [0.05, 0.1) is 0 Å². The number of amides is 1. The molecule has 0 aromatic heterocycles. The highest BCUT2D eigenvalue weighted by Crippen LogP contribution is 2.26. The highest BCUT2D eigenvalue weighted by atomic mass is 32.2. The highest BCUT2D eigenvalue weighted by Gasteiger charge is 2.35. The first-order valence-electron chi connectivity index (χ1n) is 8.46. The predicted molar refractivity (Wildman–Crippen MR) is 85.1 cm³/mol. The summed E-state index contributed by atoms with van der Waals surface area (Å²) in [6.45, 7) is 0.965. The van der Waals surface area contributed by atoms with Gasteiger partial charge in [-0.2, -0.15) is 11.8 Å².